The monoisotopic (exact) mass is 267 g/mol. The molecule has 2 heteroatoms. The Morgan fingerprint density at radius 2 is 1.85 bits per heavy atom. The number of rotatable bonds is 3. The lowest BCUT2D eigenvalue weighted by molar-refractivity contribution is 0.173. The maximum absolute atomic E-state index is 9.87. The molecule has 1 atom stereocenters. The van der Waals surface area contributed by atoms with E-state index in [9.17, 15) is 5.11 Å². The smallest absolute Gasteiger partial charge is 0.0787 e. The Labute approximate surface area is 120 Å². The second-order valence-corrected chi connectivity index (χ2v) is 5.40. The van der Waals surface area contributed by atoms with Gasteiger partial charge in [-0.15, -0.1) is 0 Å². The molecule has 1 N–H and O–H groups in total. The number of para-hydroxylation sites is 1. The van der Waals surface area contributed by atoms with Gasteiger partial charge in [-0.05, 0) is 48.6 Å². The van der Waals surface area contributed by atoms with Crippen molar-refractivity contribution in [3.8, 4) is 0 Å². The maximum Gasteiger partial charge on any atom is 0.0787 e. The van der Waals surface area contributed by atoms with Crippen LogP contribution in [0.2, 0.25) is 0 Å². The molecule has 1 aliphatic heterocycles. The van der Waals surface area contributed by atoms with Gasteiger partial charge in [0.1, 0.15) is 0 Å². The highest BCUT2D eigenvalue weighted by Crippen LogP contribution is 2.33. The number of hydrogen-bond acceptors (Lipinski definition) is 2. The minimum absolute atomic E-state index is 0.349. The van der Waals surface area contributed by atoms with Gasteiger partial charge < -0.3 is 10.0 Å². The summed E-state index contributed by atoms with van der Waals surface area (Å²) in [5.74, 6) is 0. The van der Waals surface area contributed by atoms with Crippen molar-refractivity contribution in [3.05, 3.63) is 59.7 Å². The molecule has 0 aromatic heterocycles. The summed E-state index contributed by atoms with van der Waals surface area (Å²) in [5.41, 5.74) is 4.96. The average molecular weight is 267 g/mol. The molecule has 104 valence electrons. The summed E-state index contributed by atoms with van der Waals surface area (Å²) in [6.45, 7) is 3.06. The van der Waals surface area contributed by atoms with E-state index < -0.39 is 0 Å². The zero-order valence-electron chi connectivity index (χ0n) is 11.9. The number of fused-ring (bicyclic) bond motifs is 1. The van der Waals surface area contributed by atoms with Gasteiger partial charge in [0.15, 0.2) is 0 Å². The fourth-order valence-corrected chi connectivity index (χ4v) is 2.91. The fraction of sp³-hybridized carbons (Fsp3) is 0.333. The Morgan fingerprint density at radius 3 is 2.60 bits per heavy atom. The van der Waals surface area contributed by atoms with Crippen molar-refractivity contribution in [1.82, 2.24) is 0 Å². The summed E-state index contributed by atoms with van der Waals surface area (Å²) in [4.78, 5) is 2.38. The number of aliphatic hydroxyl groups is 1. The van der Waals surface area contributed by atoms with E-state index in [1.807, 2.05) is 19.1 Å². The van der Waals surface area contributed by atoms with Crippen LogP contribution in [0.5, 0.6) is 0 Å². The van der Waals surface area contributed by atoms with Crippen LogP contribution in [0.1, 0.15) is 37.0 Å². The molecule has 0 spiro atoms. The summed E-state index contributed by atoms with van der Waals surface area (Å²) in [5, 5.41) is 9.87. The van der Waals surface area contributed by atoms with Gasteiger partial charge in [-0.25, -0.2) is 0 Å². The largest absolute Gasteiger partial charge is 0.388 e. The number of aliphatic hydroxyl groups excluding tert-OH is 1. The Morgan fingerprint density at radius 1 is 1.10 bits per heavy atom. The van der Waals surface area contributed by atoms with E-state index in [1.165, 1.54) is 29.8 Å². The van der Waals surface area contributed by atoms with Crippen molar-refractivity contribution < 1.29 is 5.11 Å². The van der Waals surface area contributed by atoms with Gasteiger partial charge in [0.2, 0.25) is 0 Å². The highest BCUT2D eigenvalue weighted by molar-refractivity contribution is 5.67. The Hall–Kier alpha value is -1.80. The lowest BCUT2D eigenvalue weighted by Crippen LogP contribution is -2.24. The third-order valence-corrected chi connectivity index (χ3v) is 4.09. The number of anilines is 2. The minimum Gasteiger partial charge on any atom is -0.388 e. The fourth-order valence-electron chi connectivity index (χ4n) is 2.91. The van der Waals surface area contributed by atoms with E-state index in [4.69, 9.17) is 0 Å². The molecule has 3 rings (SSSR count). The third kappa shape index (κ3) is 2.44. The van der Waals surface area contributed by atoms with Crippen molar-refractivity contribution in [1.29, 1.82) is 0 Å². The molecule has 0 bridgehead atoms. The second-order valence-electron chi connectivity index (χ2n) is 5.40. The zero-order valence-corrected chi connectivity index (χ0v) is 11.9. The molecule has 0 aliphatic carbocycles. The molecule has 1 heterocycles. The van der Waals surface area contributed by atoms with E-state index in [1.54, 1.807) is 0 Å². The Kier molecular flexibility index (Phi) is 3.75. The first-order chi connectivity index (χ1) is 9.79. The first-order valence-corrected chi connectivity index (χ1v) is 7.43. The molecule has 0 amide bonds. The summed E-state index contributed by atoms with van der Waals surface area (Å²) in [7, 11) is 0. The quantitative estimate of drug-likeness (QED) is 0.900. The molecular formula is C18H21NO. The molecule has 1 aliphatic rings. The lowest BCUT2D eigenvalue weighted by atomic mass is 10.0. The first kappa shape index (κ1) is 13.2. The predicted octanol–water partition coefficient (Wildman–Crippen LogP) is 4.21. The van der Waals surface area contributed by atoms with Gasteiger partial charge in [-0.2, -0.15) is 0 Å². The SMILES string of the molecule is CCC(O)c1ccc(N2CCCc3ccccc32)cc1. The van der Waals surface area contributed by atoms with E-state index in [2.05, 4.69) is 41.3 Å². The molecule has 0 saturated carbocycles. The van der Waals surface area contributed by atoms with Gasteiger partial charge in [0.25, 0.3) is 0 Å². The Bertz CT molecular complexity index is 576. The molecule has 0 saturated heterocycles. The van der Waals surface area contributed by atoms with Crippen LogP contribution < -0.4 is 4.90 Å². The first-order valence-electron chi connectivity index (χ1n) is 7.43. The molecular weight excluding hydrogens is 246 g/mol. The third-order valence-electron chi connectivity index (χ3n) is 4.09. The van der Waals surface area contributed by atoms with Crippen LogP contribution in [-0.4, -0.2) is 11.7 Å². The highest BCUT2D eigenvalue weighted by atomic mass is 16.3. The highest BCUT2D eigenvalue weighted by Gasteiger charge is 2.17. The lowest BCUT2D eigenvalue weighted by Gasteiger charge is -2.31. The van der Waals surface area contributed by atoms with Gasteiger partial charge in [0.05, 0.1) is 6.10 Å². The number of hydrogen-bond donors (Lipinski definition) is 1. The standard InChI is InChI=1S/C18H21NO/c1-2-18(20)15-9-11-16(12-10-15)19-13-5-7-14-6-3-4-8-17(14)19/h3-4,6,8-12,18,20H,2,5,7,13H2,1H3. The van der Waals surface area contributed by atoms with Gasteiger partial charge in [0, 0.05) is 17.9 Å². The summed E-state index contributed by atoms with van der Waals surface area (Å²) >= 11 is 0. The summed E-state index contributed by atoms with van der Waals surface area (Å²) in [6.07, 6.45) is 2.76. The van der Waals surface area contributed by atoms with Crippen molar-refractivity contribution in [2.24, 2.45) is 0 Å². The van der Waals surface area contributed by atoms with E-state index in [-0.39, 0.29) is 6.10 Å². The predicted molar refractivity (Wildman–Crippen MR) is 83.5 cm³/mol. The molecule has 2 aromatic rings. The summed E-state index contributed by atoms with van der Waals surface area (Å²) in [6, 6.07) is 17.0. The van der Waals surface area contributed by atoms with Gasteiger partial charge in [-0.1, -0.05) is 37.3 Å². The average Bonchev–Trinajstić information content (AvgIpc) is 2.54. The van der Waals surface area contributed by atoms with Crippen LogP contribution in [0.3, 0.4) is 0 Å². The van der Waals surface area contributed by atoms with Crippen LogP contribution in [0.4, 0.5) is 11.4 Å². The zero-order chi connectivity index (χ0) is 13.9. The van der Waals surface area contributed by atoms with E-state index in [0.29, 0.717) is 0 Å². The van der Waals surface area contributed by atoms with Crippen LogP contribution in [0.25, 0.3) is 0 Å². The van der Waals surface area contributed by atoms with Crippen LogP contribution >= 0.6 is 0 Å². The number of aryl methyl sites for hydroxylation is 1. The van der Waals surface area contributed by atoms with Gasteiger partial charge in [-0.3, -0.25) is 0 Å². The number of benzene rings is 2. The van der Waals surface area contributed by atoms with Crippen molar-refractivity contribution in [2.45, 2.75) is 32.3 Å². The molecule has 2 nitrogen and oxygen atoms in total. The molecule has 0 radical (unpaired) electrons. The van der Waals surface area contributed by atoms with Crippen molar-refractivity contribution in [2.75, 3.05) is 11.4 Å². The topological polar surface area (TPSA) is 23.5 Å². The summed E-state index contributed by atoms with van der Waals surface area (Å²) < 4.78 is 0. The van der Waals surface area contributed by atoms with Crippen LogP contribution in [0, 0.1) is 0 Å². The molecule has 1 unspecified atom stereocenters. The molecule has 2 aromatic carbocycles. The van der Waals surface area contributed by atoms with Crippen LogP contribution in [-0.2, 0) is 6.42 Å². The minimum atomic E-state index is -0.349. The van der Waals surface area contributed by atoms with Gasteiger partial charge >= 0.3 is 0 Å². The normalized spacial score (nSPS) is 15.8. The number of nitrogens with zero attached hydrogens (tertiary/aromatic N) is 1. The van der Waals surface area contributed by atoms with Crippen molar-refractivity contribution >= 4 is 11.4 Å². The van der Waals surface area contributed by atoms with E-state index in [0.717, 1.165) is 18.5 Å². The Balaban J connectivity index is 1.91. The molecule has 0 fully saturated rings. The molecule has 20 heavy (non-hydrogen) atoms. The maximum atomic E-state index is 9.87. The second kappa shape index (κ2) is 5.68. The van der Waals surface area contributed by atoms with E-state index >= 15 is 0 Å². The van der Waals surface area contributed by atoms with Crippen LogP contribution in [0.15, 0.2) is 48.5 Å². The van der Waals surface area contributed by atoms with Crippen molar-refractivity contribution in [3.63, 3.8) is 0 Å².